The third kappa shape index (κ3) is 5.47. The predicted molar refractivity (Wildman–Crippen MR) is 109 cm³/mol. The highest BCUT2D eigenvalue weighted by Crippen LogP contribution is 2.28. The molecule has 27 heavy (non-hydrogen) atoms. The van der Waals surface area contributed by atoms with Crippen LogP contribution in [0.25, 0.3) is 0 Å². The Bertz CT molecular complexity index is 912. The molecule has 0 aromatic heterocycles. The fraction of sp³-hybridized carbons (Fsp3) is 0.316. The van der Waals surface area contributed by atoms with Gasteiger partial charge in [0.25, 0.3) is 5.91 Å². The molecule has 0 fully saturated rings. The zero-order valence-corrected chi connectivity index (χ0v) is 17.4. The van der Waals surface area contributed by atoms with Crippen LogP contribution < -0.4 is 14.8 Å². The highest BCUT2D eigenvalue weighted by molar-refractivity contribution is 7.98. The van der Waals surface area contributed by atoms with Gasteiger partial charge in [0.05, 0.1) is 12.3 Å². The molecule has 2 aromatic carbocycles. The van der Waals surface area contributed by atoms with Crippen molar-refractivity contribution in [2.45, 2.75) is 36.6 Å². The molecule has 0 atom stereocenters. The van der Waals surface area contributed by atoms with E-state index >= 15 is 0 Å². The lowest BCUT2D eigenvalue weighted by Crippen LogP contribution is -2.30. The van der Waals surface area contributed by atoms with E-state index in [-0.39, 0.29) is 28.2 Å². The molecule has 0 aliphatic rings. The van der Waals surface area contributed by atoms with Crippen LogP contribution >= 0.6 is 11.8 Å². The second kappa shape index (κ2) is 9.25. The smallest absolute Gasteiger partial charge is 0.255 e. The van der Waals surface area contributed by atoms with Gasteiger partial charge in [0, 0.05) is 16.5 Å². The van der Waals surface area contributed by atoms with Crippen molar-refractivity contribution in [3.8, 4) is 5.75 Å². The lowest BCUT2D eigenvalue weighted by Gasteiger charge is -2.15. The number of amides is 1. The number of thioether (sulfide) groups is 1. The molecule has 0 unspecified atom stereocenters. The molecule has 0 spiro atoms. The number of carbonyl (C=O) groups is 1. The van der Waals surface area contributed by atoms with Crippen LogP contribution in [-0.4, -0.2) is 33.2 Å². The minimum Gasteiger partial charge on any atom is -0.492 e. The summed E-state index contributed by atoms with van der Waals surface area (Å²) >= 11 is 1.52. The molecule has 0 saturated carbocycles. The standard InChI is InChI=1S/C19H24N2O4S2/c1-5-25-16-11-10-14(12-18(16)27(23,24)21-13(2)3)19(22)20-15-8-6-7-9-17(15)26-4/h6-13,21H,5H2,1-4H3,(H,20,22). The number of nitrogens with one attached hydrogen (secondary N) is 2. The normalized spacial score (nSPS) is 11.4. The van der Waals surface area contributed by atoms with Crippen LogP contribution in [0.5, 0.6) is 5.75 Å². The Labute approximate surface area is 164 Å². The average molecular weight is 409 g/mol. The number of rotatable bonds is 8. The monoisotopic (exact) mass is 408 g/mol. The molecular weight excluding hydrogens is 384 g/mol. The van der Waals surface area contributed by atoms with Crippen LogP contribution in [-0.2, 0) is 10.0 Å². The van der Waals surface area contributed by atoms with Gasteiger partial charge in [0.15, 0.2) is 0 Å². The van der Waals surface area contributed by atoms with E-state index in [0.29, 0.717) is 12.3 Å². The van der Waals surface area contributed by atoms with E-state index in [1.165, 1.54) is 23.9 Å². The van der Waals surface area contributed by atoms with E-state index in [4.69, 9.17) is 4.74 Å². The predicted octanol–water partition coefficient (Wildman–Crippen LogP) is 3.75. The molecule has 0 aliphatic carbocycles. The molecule has 6 nitrogen and oxygen atoms in total. The quantitative estimate of drug-likeness (QED) is 0.650. The Kier molecular flexibility index (Phi) is 7.29. The Hall–Kier alpha value is -2.03. The lowest BCUT2D eigenvalue weighted by atomic mass is 10.2. The maximum Gasteiger partial charge on any atom is 0.255 e. The third-order valence-electron chi connectivity index (χ3n) is 3.54. The maximum atomic E-state index is 12.7. The first-order valence-electron chi connectivity index (χ1n) is 8.52. The van der Waals surface area contributed by atoms with E-state index in [1.807, 2.05) is 24.5 Å². The van der Waals surface area contributed by atoms with Crippen molar-refractivity contribution in [2.75, 3.05) is 18.2 Å². The molecular formula is C19H24N2O4S2. The number of sulfonamides is 1. The van der Waals surface area contributed by atoms with Gasteiger partial charge >= 0.3 is 0 Å². The fourth-order valence-corrected chi connectivity index (χ4v) is 4.43. The summed E-state index contributed by atoms with van der Waals surface area (Å²) in [6, 6.07) is 11.5. The maximum absolute atomic E-state index is 12.7. The first-order valence-corrected chi connectivity index (χ1v) is 11.2. The lowest BCUT2D eigenvalue weighted by molar-refractivity contribution is 0.102. The molecule has 0 saturated heterocycles. The first-order chi connectivity index (χ1) is 12.8. The summed E-state index contributed by atoms with van der Waals surface area (Å²) in [4.78, 5) is 13.5. The Balaban J connectivity index is 2.40. The number of ether oxygens (including phenoxy) is 1. The van der Waals surface area contributed by atoms with Crippen LogP contribution in [0.2, 0.25) is 0 Å². The van der Waals surface area contributed by atoms with E-state index in [0.717, 1.165) is 4.90 Å². The first kappa shape index (κ1) is 21.3. The van der Waals surface area contributed by atoms with Gasteiger partial charge < -0.3 is 10.1 Å². The summed E-state index contributed by atoms with van der Waals surface area (Å²) in [5.74, 6) is -0.174. The summed E-state index contributed by atoms with van der Waals surface area (Å²) in [5.41, 5.74) is 0.909. The summed E-state index contributed by atoms with van der Waals surface area (Å²) < 4.78 is 33.3. The van der Waals surface area contributed by atoms with Crippen molar-refractivity contribution in [1.29, 1.82) is 0 Å². The van der Waals surface area contributed by atoms with Crippen LogP contribution in [0.15, 0.2) is 52.3 Å². The number of carbonyl (C=O) groups excluding carboxylic acids is 1. The van der Waals surface area contributed by atoms with Crippen molar-refractivity contribution in [3.05, 3.63) is 48.0 Å². The molecule has 0 aliphatic heterocycles. The second-order valence-electron chi connectivity index (χ2n) is 6.02. The minimum atomic E-state index is -3.81. The van der Waals surface area contributed by atoms with Gasteiger partial charge in [-0.3, -0.25) is 4.79 Å². The van der Waals surface area contributed by atoms with E-state index < -0.39 is 10.0 Å². The molecule has 146 valence electrons. The number of hydrogen-bond acceptors (Lipinski definition) is 5. The fourth-order valence-electron chi connectivity index (χ4n) is 2.45. The molecule has 2 rings (SSSR count). The highest BCUT2D eigenvalue weighted by atomic mass is 32.2. The van der Waals surface area contributed by atoms with Crippen LogP contribution in [0.3, 0.4) is 0 Å². The number of benzene rings is 2. The van der Waals surface area contributed by atoms with Crippen molar-refractivity contribution >= 4 is 33.4 Å². The van der Waals surface area contributed by atoms with Gasteiger partial charge in [-0.2, -0.15) is 0 Å². The number of para-hydroxylation sites is 1. The second-order valence-corrected chi connectivity index (χ2v) is 8.56. The van der Waals surface area contributed by atoms with Crippen molar-refractivity contribution in [1.82, 2.24) is 4.72 Å². The Morgan fingerprint density at radius 2 is 1.89 bits per heavy atom. The molecule has 2 N–H and O–H groups in total. The summed E-state index contributed by atoms with van der Waals surface area (Å²) in [6.45, 7) is 5.55. The number of anilines is 1. The SMILES string of the molecule is CCOc1ccc(C(=O)Nc2ccccc2SC)cc1S(=O)(=O)NC(C)C. The van der Waals surface area contributed by atoms with Gasteiger partial charge in [-0.1, -0.05) is 12.1 Å². The van der Waals surface area contributed by atoms with Gasteiger partial charge in [-0.15, -0.1) is 11.8 Å². The summed E-state index contributed by atoms with van der Waals surface area (Å²) in [5, 5.41) is 2.83. The van der Waals surface area contributed by atoms with Crippen molar-refractivity contribution < 1.29 is 17.9 Å². The summed E-state index contributed by atoms with van der Waals surface area (Å²) in [6.07, 6.45) is 1.92. The summed E-state index contributed by atoms with van der Waals surface area (Å²) in [7, 11) is -3.81. The molecule has 0 bridgehead atoms. The van der Waals surface area contributed by atoms with Crippen molar-refractivity contribution in [3.63, 3.8) is 0 Å². The minimum absolute atomic E-state index is 0.0520. The Morgan fingerprint density at radius 1 is 1.19 bits per heavy atom. The van der Waals surface area contributed by atoms with Crippen molar-refractivity contribution in [2.24, 2.45) is 0 Å². The van der Waals surface area contributed by atoms with Crippen LogP contribution in [0.4, 0.5) is 5.69 Å². The number of hydrogen-bond donors (Lipinski definition) is 2. The van der Waals surface area contributed by atoms with Crippen LogP contribution in [0, 0.1) is 0 Å². The van der Waals surface area contributed by atoms with Gasteiger partial charge in [0.1, 0.15) is 10.6 Å². The van der Waals surface area contributed by atoms with Crippen LogP contribution in [0.1, 0.15) is 31.1 Å². The molecule has 8 heteroatoms. The molecule has 1 amide bonds. The molecule has 0 heterocycles. The third-order valence-corrected chi connectivity index (χ3v) is 6.02. The van der Waals surface area contributed by atoms with Gasteiger partial charge in [-0.25, -0.2) is 13.1 Å². The largest absolute Gasteiger partial charge is 0.492 e. The zero-order chi connectivity index (χ0) is 20.0. The van der Waals surface area contributed by atoms with Gasteiger partial charge in [-0.05, 0) is 57.4 Å². The molecule has 2 aromatic rings. The topological polar surface area (TPSA) is 84.5 Å². The van der Waals surface area contributed by atoms with Gasteiger partial charge in [0.2, 0.25) is 10.0 Å². The van der Waals surface area contributed by atoms with E-state index in [2.05, 4.69) is 10.0 Å². The highest BCUT2D eigenvalue weighted by Gasteiger charge is 2.23. The van der Waals surface area contributed by atoms with E-state index in [9.17, 15) is 13.2 Å². The molecule has 0 radical (unpaired) electrons. The van der Waals surface area contributed by atoms with E-state index in [1.54, 1.807) is 32.9 Å². The Morgan fingerprint density at radius 3 is 2.52 bits per heavy atom. The average Bonchev–Trinajstić information content (AvgIpc) is 2.61. The zero-order valence-electron chi connectivity index (χ0n) is 15.8.